The largest absolute Gasteiger partial charge is 0.315 e. The van der Waals surface area contributed by atoms with Crippen LogP contribution in [0.5, 0.6) is 0 Å². The SMILES string of the molecule is O=S(=O)(Cc1ccccc1)NCCCCNCCNC1CCCCC1. The highest BCUT2D eigenvalue weighted by molar-refractivity contribution is 7.88. The molecular weight excluding hydrogens is 334 g/mol. The van der Waals surface area contributed by atoms with Gasteiger partial charge in [0, 0.05) is 25.7 Å². The monoisotopic (exact) mass is 367 g/mol. The summed E-state index contributed by atoms with van der Waals surface area (Å²) in [6, 6.07) is 10.0. The van der Waals surface area contributed by atoms with Crippen LogP contribution in [0.15, 0.2) is 30.3 Å². The van der Waals surface area contributed by atoms with Gasteiger partial charge in [-0.3, -0.25) is 0 Å². The third kappa shape index (κ3) is 9.35. The smallest absolute Gasteiger partial charge is 0.215 e. The third-order valence-electron chi connectivity index (χ3n) is 4.64. The molecule has 1 aliphatic carbocycles. The summed E-state index contributed by atoms with van der Waals surface area (Å²) >= 11 is 0. The average Bonchev–Trinajstić information content (AvgIpc) is 2.61. The molecule has 0 unspecified atom stereocenters. The molecule has 0 heterocycles. The molecule has 6 heteroatoms. The van der Waals surface area contributed by atoms with Crippen molar-refractivity contribution in [2.45, 2.75) is 56.7 Å². The van der Waals surface area contributed by atoms with Gasteiger partial charge in [0.15, 0.2) is 0 Å². The van der Waals surface area contributed by atoms with Crippen LogP contribution in [0, 0.1) is 0 Å². The summed E-state index contributed by atoms with van der Waals surface area (Å²) in [5.74, 6) is 0.0545. The number of benzene rings is 1. The number of rotatable bonds is 12. The van der Waals surface area contributed by atoms with E-state index in [1.54, 1.807) is 0 Å². The van der Waals surface area contributed by atoms with Gasteiger partial charge in [-0.2, -0.15) is 0 Å². The number of hydrogen-bond donors (Lipinski definition) is 3. The van der Waals surface area contributed by atoms with Crippen LogP contribution in [0.25, 0.3) is 0 Å². The first kappa shape index (κ1) is 20.4. The van der Waals surface area contributed by atoms with E-state index >= 15 is 0 Å². The van der Waals surface area contributed by atoms with Gasteiger partial charge in [0.2, 0.25) is 10.0 Å². The van der Waals surface area contributed by atoms with E-state index in [-0.39, 0.29) is 5.75 Å². The summed E-state index contributed by atoms with van der Waals surface area (Å²) in [5, 5.41) is 7.04. The van der Waals surface area contributed by atoms with Gasteiger partial charge in [-0.1, -0.05) is 49.6 Å². The zero-order valence-electron chi connectivity index (χ0n) is 15.2. The van der Waals surface area contributed by atoms with Gasteiger partial charge in [0.05, 0.1) is 5.75 Å². The van der Waals surface area contributed by atoms with Crippen LogP contribution >= 0.6 is 0 Å². The molecule has 0 bridgehead atoms. The van der Waals surface area contributed by atoms with E-state index in [9.17, 15) is 8.42 Å². The molecule has 0 amide bonds. The molecule has 1 fully saturated rings. The highest BCUT2D eigenvalue weighted by atomic mass is 32.2. The minimum absolute atomic E-state index is 0.0545. The van der Waals surface area contributed by atoms with E-state index in [4.69, 9.17) is 0 Å². The van der Waals surface area contributed by atoms with Crippen molar-refractivity contribution in [3.05, 3.63) is 35.9 Å². The van der Waals surface area contributed by atoms with E-state index in [1.807, 2.05) is 30.3 Å². The standard InChI is InChI=1S/C19H33N3O2S/c23-25(24,17-18-9-3-1-4-10-18)22-14-8-7-13-20-15-16-21-19-11-5-2-6-12-19/h1,3-4,9-10,19-22H,2,5-8,11-17H2. The Kier molecular flexibility index (Phi) is 9.47. The van der Waals surface area contributed by atoms with Gasteiger partial charge in [-0.05, 0) is 37.8 Å². The molecule has 0 aromatic heterocycles. The van der Waals surface area contributed by atoms with Crippen molar-refractivity contribution in [1.82, 2.24) is 15.4 Å². The summed E-state index contributed by atoms with van der Waals surface area (Å²) < 4.78 is 26.7. The molecule has 1 saturated carbocycles. The minimum atomic E-state index is -3.23. The Bertz CT molecular complexity index is 557. The zero-order chi connectivity index (χ0) is 17.8. The molecule has 142 valence electrons. The summed E-state index contributed by atoms with van der Waals surface area (Å²) in [5.41, 5.74) is 0.821. The molecule has 5 nitrogen and oxygen atoms in total. The van der Waals surface area contributed by atoms with Gasteiger partial charge in [-0.25, -0.2) is 13.1 Å². The molecular formula is C19H33N3O2S. The number of nitrogens with one attached hydrogen (secondary N) is 3. The van der Waals surface area contributed by atoms with E-state index < -0.39 is 10.0 Å². The van der Waals surface area contributed by atoms with Gasteiger partial charge >= 0.3 is 0 Å². The van der Waals surface area contributed by atoms with Gasteiger partial charge < -0.3 is 10.6 Å². The predicted octanol–water partition coefficient (Wildman–Crippen LogP) is 2.40. The molecule has 1 aliphatic rings. The Hall–Kier alpha value is -0.950. The van der Waals surface area contributed by atoms with E-state index in [0.29, 0.717) is 6.54 Å². The summed E-state index contributed by atoms with van der Waals surface area (Å²) in [7, 11) is -3.23. The maximum Gasteiger partial charge on any atom is 0.215 e. The molecule has 0 radical (unpaired) electrons. The highest BCUT2D eigenvalue weighted by Gasteiger charge is 2.12. The molecule has 0 atom stereocenters. The van der Waals surface area contributed by atoms with E-state index in [2.05, 4.69) is 15.4 Å². The second-order valence-corrected chi connectivity index (χ2v) is 8.69. The van der Waals surface area contributed by atoms with Crippen LogP contribution in [0.4, 0.5) is 0 Å². The molecule has 3 N–H and O–H groups in total. The topological polar surface area (TPSA) is 70.2 Å². The highest BCUT2D eigenvalue weighted by Crippen LogP contribution is 2.16. The predicted molar refractivity (Wildman–Crippen MR) is 104 cm³/mol. The maximum atomic E-state index is 12.0. The van der Waals surface area contributed by atoms with Crippen molar-refractivity contribution >= 4 is 10.0 Å². The molecule has 0 aliphatic heterocycles. The fraction of sp³-hybridized carbons (Fsp3) is 0.684. The number of unbranched alkanes of at least 4 members (excludes halogenated alkanes) is 1. The molecule has 1 aromatic rings. The summed E-state index contributed by atoms with van der Waals surface area (Å²) in [6.45, 7) is 3.45. The fourth-order valence-electron chi connectivity index (χ4n) is 3.24. The minimum Gasteiger partial charge on any atom is -0.315 e. The normalized spacial score (nSPS) is 16.2. The van der Waals surface area contributed by atoms with Crippen LogP contribution in [0.1, 0.15) is 50.5 Å². The van der Waals surface area contributed by atoms with Crippen LogP contribution < -0.4 is 15.4 Å². The van der Waals surface area contributed by atoms with Crippen LogP contribution in [0.2, 0.25) is 0 Å². The van der Waals surface area contributed by atoms with Gasteiger partial charge in [-0.15, -0.1) is 0 Å². The lowest BCUT2D eigenvalue weighted by atomic mass is 9.95. The molecule has 0 saturated heterocycles. The lowest BCUT2D eigenvalue weighted by Crippen LogP contribution is -2.36. The second-order valence-electron chi connectivity index (χ2n) is 6.89. The van der Waals surface area contributed by atoms with Crippen molar-refractivity contribution in [3.8, 4) is 0 Å². The van der Waals surface area contributed by atoms with Crippen molar-refractivity contribution in [3.63, 3.8) is 0 Å². The molecule has 1 aromatic carbocycles. The lowest BCUT2D eigenvalue weighted by Gasteiger charge is -2.22. The van der Waals surface area contributed by atoms with Gasteiger partial charge in [0.1, 0.15) is 0 Å². The number of hydrogen-bond acceptors (Lipinski definition) is 4. The van der Waals surface area contributed by atoms with E-state index in [0.717, 1.165) is 44.1 Å². The summed E-state index contributed by atoms with van der Waals surface area (Å²) in [4.78, 5) is 0. The average molecular weight is 368 g/mol. The van der Waals surface area contributed by atoms with Crippen LogP contribution in [0.3, 0.4) is 0 Å². The van der Waals surface area contributed by atoms with Gasteiger partial charge in [0.25, 0.3) is 0 Å². The molecule has 25 heavy (non-hydrogen) atoms. The Morgan fingerprint density at radius 1 is 0.880 bits per heavy atom. The molecule has 2 rings (SSSR count). The fourth-order valence-corrected chi connectivity index (χ4v) is 4.43. The van der Waals surface area contributed by atoms with Crippen molar-refractivity contribution in [2.24, 2.45) is 0 Å². The second kappa shape index (κ2) is 11.6. The van der Waals surface area contributed by atoms with Crippen LogP contribution in [-0.4, -0.2) is 40.6 Å². The Morgan fingerprint density at radius 3 is 2.36 bits per heavy atom. The quantitative estimate of drug-likeness (QED) is 0.496. The Morgan fingerprint density at radius 2 is 1.60 bits per heavy atom. The zero-order valence-corrected chi connectivity index (χ0v) is 16.0. The Labute approximate surface area is 153 Å². The van der Waals surface area contributed by atoms with Crippen molar-refractivity contribution in [1.29, 1.82) is 0 Å². The maximum absolute atomic E-state index is 12.0. The van der Waals surface area contributed by atoms with E-state index in [1.165, 1.54) is 32.1 Å². The first-order valence-electron chi connectivity index (χ1n) is 9.61. The van der Waals surface area contributed by atoms with Crippen LogP contribution in [-0.2, 0) is 15.8 Å². The first-order valence-corrected chi connectivity index (χ1v) is 11.3. The number of sulfonamides is 1. The summed E-state index contributed by atoms with van der Waals surface area (Å²) in [6.07, 6.45) is 8.61. The van der Waals surface area contributed by atoms with Crippen molar-refractivity contribution < 1.29 is 8.42 Å². The lowest BCUT2D eigenvalue weighted by molar-refractivity contribution is 0.372. The third-order valence-corrected chi connectivity index (χ3v) is 6.00. The Balaban J connectivity index is 1.43. The molecule has 0 spiro atoms. The first-order chi connectivity index (χ1) is 12.2. The van der Waals surface area contributed by atoms with Crippen molar-refractivity contribution in [2.75, 3.05) is 26.2 Å².